The van der Waals surface area contributed by atoms with E-state index in [4.69, 9.17) is 4.74 Å². The van der Waals surface area contributed by atoms with Gasteiger partial charge in [0, 0.05) is 21.3 Å². The summed E-state index contributed by atoms with van der Waals surface area (Å²) in [7, 11) is 1.60. The van der Waals surface area contributed by atoms with Crippen LogP contribution >= 0.6 is 31.9 Å². The lowest BCUT2D eigenvalue weighted by Gasteiger charge is -2.19. The Morgan fingerprint density at radius 1 is 1.15 bits per heavy atom. The van der Waals surface area contributed by atoms with Gasteiger partial charge in [0.05, 0.1) is 13.2 Å². The van der Waals surface area contributed by atoms with Crippen molar-refractivity contribution in [3.63, 3.8) is 0 Å². The van der Waals surface area contributed by atoms with Gasteiger partial charge in [0.2, 0.25) is 5.88 Å². The fraction of sp³-hybridized carbons (Fsp3) is 0.286. The Kier molecular flexibility index (Phi) is 5.51. The lowest BCUT2D eigenvalue weighted by molar-refractivity contribution is 0.383. The molecule has 0 saturated heterocycles. The van der Waals surface area contributed by atoms with Crippen molar-refractivity contribution in [2.24, 2.45) is 0 Å². The zero-order valence-electron chi connectivity index (χ0n) is 11.2. The highest BCUT2D eigenvalue weighted by Crippen LogP contribution is 2.30. The normalized spacial score (nSPS) is 12.2. The third-order valence-electron chi connectivity index (χ3n) is 2.78. The van der Waals surface area contributed by atoms with Gasteiger partial charge in [-0.3, -0.25) is 4.98 Å². The third kappa shape index (κ3) is 3.56. The first-order valence-corrected chi connectivity index (χ1v) is 7.78. The van der Waals surface area contributed by atoms with E-state index in [1.54, 1.807) is 19.5 Å². The van der Waals surface area contributed by atoms with Crippen LogP contribution in [-0.4, -0.2) is 23.6 Å². The van der Waals surface area contributed by atoms with Crippen molar-refractivity contribution in [2.45, 2.75) is 13.0 Å². The van der Waals surface area contributed by atoms with Crippen LogP contribution in [0, 0.1) is 0 Å². The summed E-state index contributed by atoms with van der Waals surface area (Å²) < 4.78 is 7.33. The lowest BCUT2D eigenvalue weighted by atomic mass is 10.0. The van der Waals surface area contributed by atoms with E-state index in [1.165, 1.54) is 0 Å². The Balaban J connectivity index is 2.50. The van der Waals surface area contributed by atoms with Crippen LogP contribution in [0.1, 0.15) is 24.2 Å². The number of halogens is 2. The zero-order chi connectivity index (χ0) is 14.5. The number of nitrogens with zero attached hydrogens (tertiary/aromatic N) is 2. The molecule has 0 radical (unpaired) electrons. The van der Waals surface area contributed by atoms with Gasteiger partial charge in [0.1, 0.15) is 5.69 Å². The maximum absolute atomic E-state index is 5.32. The van der Waals surface area contributed by atoms with Crippen molar-refractivity contribution in [2.75, 3.05) is 13.7 Å². The largest absolute Gasteiger partial charge is 0.480 e. The molecule has 1 aromatic heterocycles. The van der Waals surface area contributed by atoms with E-state index in [2.05, 4.69) is 66.2 Å². The van der Waals surface area contributed by atoms with E-state index in [0.29, 0.717) is 5.88 Å². The number of benzene rings is 1. The molecule has 0 aliphatic heterocycles. The number of aromatic nitrogens is 2. The number of ether oxygens (including phenoxy) is 1. The van der Waals surface area contributed by atoms with Crippen molar-refractivity contribution >= 4 is 31.9 Å². The quantitative estimate of drug-likeness (QED) is 0.830. The minimum atomic E-state index is -0.0718. The molecule has 1 atom stereocenters. The van der Waals surface area contributed by atoms with Crippen LogP contribution in [0.3, 0.4) is 0 Å². The summed E-state index contributed by atoms with van der Waals surface area (Å²) >= 11 is 7.03. The van der Waals surface area contributed by atoms with Gasteiger partial charge in [-0.05, 0) is 30.3 Å². The molecule has 0 aliphatic rings. The van der Waals surface area contributed by atoms with Gasteiger partial charge in [0.25, 0.3) is 0 Å². The van der Waals surface area contributed by atoms with Gasteiger partial charge in [-0.1, -0.05) is 38.8 Å². The summed E-state index contributed by atoms with van der Waals surface area (Å²) in [4.78, 5) is 8.65. The first kappa shape index (κ1) is 15.4. The summed E-state index contributed by atoms with van der Waals surface area (Å²) in [6.45, 7) is 2.87. The van der Waals surface area contributed by atoms with Crippen molar-refractivity contribution < 1.29 is 4.74 Å². The SMILES string of the molecule is CCNC(c1cc(Br)cc(Br)c1)c1nccnc1OC. The third-order valence-corrected chi connectivity index (χ3v) is 3.70. The van der Waals surface area contributed by atoms with Gasteiger partial charge < -0.3 is 10.1 Å². The van der Waals surface area contributed by atoms with E-state index in [9.17, 15) is 0 Å². The average molecular weight is 401 g/mol. The molecule has 0 amide bonds. The molecule has 2 rings (SSSR count). The van der Waals surface area contributed by atoms with E-state index >= 15 is 0 Å². The Bertz CT molecular complexity index is 572. The van der Waals surface area contributed by atoms with Crippen LogP contribution in [0.2, 0.25) is 0 Å². The minimum absolute atomic E-state index is 0.0718. The number of rotatable bonds is 5. The van der Waals surface area contributed by atoms with E-state index in [-0.39, 0.29) is 6.04 Å². The second-order valence-electron chi connectivity index (χ2n) is 4.14. The van der Waals surface area contributed by atoms with Gasteiger partial charge in [-0.15, -0.1) is 0 Å². The van der Waals surface area contributed by atoms with Crippen molar-refractivity contribution in [3.8, 4) is 5.88 Å². The first-order chi connectivity index (χ1) is 9.65. The molecule has 1 unspecified atom stereocenters. The molecule has 0 bridgehead atoms. The zero-order valence-corrected chi connectivity index (χ0v) is 14.4. The number of hydrogen-bond donors (Lipinski definition) is 1. The summed E-state index contributed by atoms with van der Waals surface area (Å²) in [5.41, 5.74) is 1.87. The number of hydrogen-bond acceptors (Lipinski definition) is 4. The van der Waals surface area contributed by atoms with Gasteiger partial charge in [-0.2, -0.15) is 0 Å². The minimum Gasteiger partial charge on any atom is -0.480 e. The highest BCUT2D eigenvalue weighted by molar-refractivity contribution is 9.11. The molecule has 2 aromatic rings. The van der Waals surface area contributed by atoms with Crippen molar-refractivity contribution in [3.05, 3.63) is 50.8 Å². The van der Waals surface area contributed by atoms with Crippen LogP contribution in [0.5, 0.6) is 5.88 Å². The smallest absolute Gasteiger partial charge is 0.237 e. The van der Waals surface area contributed by atoms with E-state index in [0.717, 1.165) is 26.7 Å². The van der Waals surface area contributed by atoms with Crippen LogP contribution < -0.4 is 10.1 Å². The average Bonchev–Trinajstić information content (AvgIpc) is 2.43. The molecule has 1 aromatic carbocycles. The highest BCUT2D eigenvalue weighted by atomic mass is 79.9. The molecular formula is C14H15Br2N3O. The summed E-state index contributed by atoms with van der Waals surface area (Å²) in [6, 6.07) is 6.05. The molecule has 1 heterocycles. The van der Waals surface area contributed by atoms with Crippen molar-refractivity contribution in [1.29, 1.82) is 0 Å². The van der Waals surface area contributed by atoms with Gasteiger partial charge in [-0.25, -0.2) is 4.98 Å². The van der Waals surface area contributed by atoms with Crippen LogP contribution in [0.4, 0.5) is 0 Å². The molecule has 0 spiro atoms. The maximum Gasteiger partial charge on any atom is 0.237 e. The fourth-order valence-corrected chi connectivity index (χ4v) is 3.34. The van der Waals surface area contributed by atoms with Gasteiger partial charge >= 0.3 is 0 Å². The predicted molar refractivity (Wildman–Crippen MR) is 85.9 cm³/mol. The van der Waals surface area contributed by atoms with Crippen LogP contribution in [-0.2, 0) is 0 Å². The van der Waals surface area contributed by atoms with Crippen molar-refractivity contribution in [1.82, 2.24) is 15.3 Å². The Morgan fingerprint density at radius 3 is 2.40 bits per heavy atom. The second kappa shape index (κ2) is 7.15. The maximum atomic E-state index is 5.32. The second-order valence-corrected chi connectivity index (χ2v) is 5.98. The molecule has 20 heavy (non-hydrogen) atoms. The molecule has 0 fully saturated rings. The number of methoxy groups -OCH3 is 1. The molecule has 0 saturated carbocycles. The summed E-state index contributed by atoms with van der Waals surface area (Å²) in [5.74, 6) is 0.537. The standard InChI is InChI=1S/C14H15Br2N3O/c1-3-17-12(9-6-10(15)8-11(16)7-9)13-14(20-2)19-5-4-18-13/h4-8,12,17H,3H2,1-2H3. The molecule has 106 valence electrons. The molecular weight excluding hydrogens is 386 g/mol. The molecule has 4 nitrogen and oxygen atoms in total. The van der Waals surface area contributed by atoms with E-state index < -0.39 is 0 Å². The van der Waals surface area contributed by atoms with Crippen LogP contribution in [0.15, 0.2) is 39.5 Å². The Morgan fingerprint density at radius 2 is 1.80 bits per heavy atom. The first-order valence-electron chi connectivity index (χ1n) is 6.20. The molecule has 1 N–H and O–H groups in total. The molecule has 6 heteroatoms. The van der Waals surface area contributed by atoms with E-state index in [1.807, 2.05) is 6.07 Å². The van der Waals surface area contributed by atoms with Gasteiger partial charge in [0.15, 0.2) is 0 Å². The predicted octanol–water partition coefficient (Wildman–Crippen LogP) is 3.71. The Labute approximate surface area is 135 Å². The number of nitrogens with one attached hydrogen (secondary N) is 1. The molecule has 0 aliphatic carbocycles. The topological polar surface area (TPSA) is 47.0 Å². The van der Waals surface area contributed by atoms with Crippen LogP contribution in [0.25, 0.3) is 0 Å². The monoisotopic (exact) mass is 399 g/mol. The summed E-state index contributed by atoms with van der Waals surface area (Å²) in [6.07, 6.45) is 3.30. The summed E-state index contributed by atoms with van der Waals surface area (Å²) in [5, 5.41) is 3.42. The fourth-order valence-electron chi connectivity index (χ4n) is 2.01. The Hall–Kier alpha value is -0.980. The highest BCUT2D eigenvalue weighted by Gasteiger charge is 2.20. The lowest BCUT2D eigenvalue weighted by Crippen LogP contribution is -2.24.